The van der Waals surface area contributed by atoms with Crippen LogP contribution in [0.3, 0.4) is 0 Å². The van der Waals surface area contributed by atoms with Gasteiger partial charge in [-0.15, -0.1) is 5.54 Å². The maximum Gasteiger partial charge on any atom is 0.271 e. The van der Waals surface area contributed by atoms with Gasteiger partial charge in [0.1, 0.15) is 26.2 Å². The van der Waals surface area contributed by atoms with Gasteiger partial charge in [-0.2, -0.15) is 0 Å². The number of ether oxygens (including phenoxy) is 2. The first-order chi connectivity index (χ1) is 18.6. The molecule has 0 spiro atoms. The second-order valence-electron chi connectivity index (χ2n) is 11.5. The molecule has 0 aliphatic carbocycles. The lowest BCUT2D eigenvalue weighted by Gasteiger charge is -2.16. The van der Waals surface area contributed by atoms with E-state index in [9.17, 15) is 4.79 Å². The van der Waals surface area contributed by atoms with E-state index >= 15 is 4.39 Å². The zero-order valence-electron chi connectivity index (χ0n) is 23.4. The quantitative estimate of drug-likeness (QED) is 0.138. The summed E-state index contributed by atoms with van der Waals surface area (Å²) in [6, 6.07) is 8.92. The molecule has 0 aliphatic rings. The Morgan fingerprint density at radius 3 is 2.50 bits per heavy atom. The summed E-state index contributed by atoms with van der Waals surface area (Å²) in [6.45, 7) is 13.7. The number of carbonyl (C=O) groups excluding carboxylic acids is 1. The number of hydrogen-bond donors (Lipinski definition) is 1. The van der Waals surface area contributed by atoms with E-state index in [-0.39, 0.29) is 40.5 Å². The predicted molar refractivity (Wildman–Crippen MR) is 166 cm³/mol. The van der Waals surface area contributed by atoms with Crippen LogP contribution in [0.1, 0.15) is 21.6 Å². The van der Waals surface area contributed by atoms with E-state index in [2.05, 4.69) is 61.0 Å². The van der Waals surface area contributed by atoms with Crippen LogP contribution in [-0.4, -0.2) is 38.2 Å². The SMILES string of the molecule is C[Si](C)(C)C#Cc1cc(Cl)cc(Oc2c(Cl)ccc(CNC(=O)c3c(Cl)ncn3COCC[Si](C)(C)C)c2F)c1. The first-order valence-electron chi connectivity index (χ1n) is 12.7. The number of nitrogens with one attached hydrogen (secondary N) is 1. The molecule has 0 saturated heterocycles. The molecule has 0 atom stereocenters. The third-order valence-corrected chi connectivity index (χ3v) is 8.85. The van der Waals surface area contributed by atoms with Crippen molar-refractivity contribution in [3.63, 3.8) is 0 Å². The molecule has 0 fully saturated rings. The number of carbonyl (C=O) groups is 1. The van der Waals surface area contributed by atoms with Gasteiger partial charge in [-0.05, 0) is 30.3 Å². The number of rotatable bonds is 10. The van der Waals surface area contributed by atoms with E-state index < -0.39 is 27.9 Å². The molecule has 3 rings (SSSR count). The molecule has 40 heavy (non-hydrogen) atoms. The van der Waals surface area contributed by atoms with Crippen molar-refractivity contribution in [2.24, 2.45) is 0 Å². The number of benzene rings is 2. The van der Waals surface area contributed by atoms with Gasteiger partial charge in [0.15, 0.2) is 16.7 Å². The molecule has 1 heterocycles. The van der Waals surface area contributed by atoms with Crippen LogP contribution in [0.25, 0.3) is 0 Å². The fourth-order valence-electron chi connectivity index (χ4n) is 3.35. The molecule has 2 aromatic carbocycles. The monoisotopic (exact) mass is 639 g/mol. The standard InChI is InChI=1S/C28H33Cl3FN3O3Si2/c1-39(2,3)11-9-19-13-21(29)15-22(14-19)38-26-23(30)8-7-20(24(26)32)16-33-28(36)25-27(31)34-17-35(25)18-37-10-12-40(4,5)6/h7-8,13-15,17H,10,12,16,18H2,1-6H3,(H,33,36). The van der Waals surface area contributed by atoms with Crippen LogP contribution in [0.5, 0.6) is 11.5 Å². The highest BCUT2D eigenvalue weighted by Crippen LogP contribution is 2.35. The summed E-state index contributed by atoms with van der Waals surface area (Å²) in [5.74, 6) is 2.00. The fraction of sp³-hybridized carbons (Fsp3) is 0.357. The Morgan fingerprint density at radius 1 is 1.10 bits per heavy atom. The lowest BCUT2D eigenvalue weighted by Crippen LogP contribution is -2.27. The van der Waals surface area contributed by atoms with E-state index in [0.29, 0.717) is 22.9 Å². The average molecular weight is 641 g/mol. The van der Waals surface area contributed by atoms with Crippen molar-refractivity contribution in [3.8, 4) is 23.0 Å². The Balaban J connectivity index is 1.74. The van der Waals surface area contributed by atoms with Crippen molar-refractivity contribution in [2.45, 2.75) is 58.6 Å². The summed E-state index contributed by atoms with van der Waals surface area (Å²) >= 11 is 18.7. The highest BCUT2D eigenvalue weighted by Gasteiger charge is 2.21. The Labute approximate surface area is 252 Å². The zero-order valence-corrected chi connectivity index (χ0v) is 27.7. The second-order valence-corrected chi connectivity index (χ2v) is 23.1. The third-order valence-electron chi connectivity index (χ3n) is 5.48. The van der Waals surface area contributed by atoms with Crippen molar-refractivity contribution >= 4 is 56.9 Å². The van der Waals surface area contributed by atoms with Crippen LogP contribution in [0, 0.1) is 17.3 Å². The first-order valence-corrected chi connectivity index (χ1v) is 21.0. The number of nitrogens with zero attached hydrogens (tertiary/aromatic N) is 2. The lowest BCUT2D eigenvalue weighted by molar-refractivity contribution is 0.0789. The van der Waals surface area contributed by atoms with E-state index in [4.69, 9.17) is 44.3 Å². The molecule has 0 aliphatic heterocycles. The maximum atomic E-state index is 15.5. The van der Waals surface area contributed by atoms with Gasteiger partial charge in [-0.3, -0.25) is 4.79 Å². The summed E-state index contributed by atoms with van der Waals surface area (Å²) in [4.78, 5) is 17.0. The van der Waals surface area contributed by atoms with Crippen molar-refractivity contribution < 1.29 is 18.7 Å². The number of imidazole rings is 1. The largest absolute Gasteiger partial charge is 0.453 e. The van der Waals surface area contributed by atoms with E-state index in [0.717, 1.165) is 6.04 Å². The van der Waals surface area contributed by atoms with Gasteiger partial charge in [-0.1, -0.05) is 86.1 Å². The van der Waals surface area contributed by atoms with Gasteiger partial charge >= 0.3 is 0 Å². The van der Waals surface area contributed by atoms with Gasteiger partial charge in [0.25, 0.3) is 5.91 Å². The predicted octanol–water partition coefficient (Wildman–Crippen LogP) is 8.25. The average Bonchev–Trinajstić information content (AvgIpc) is 3.21. The summed E-state index contributed by atoms with van der Waals surface area (Å²) in [5, 5.41) is 3.19. The zero-order chi connectivity index (χ0) is 29.7. The Bertz CT molecular complexity index is 1440. The van der Waals surface area contributed by atoms with Crippen LogP contribution in [0.15, 0.2) is 36.7 Å². The summed E-state index contributed by atoms with van der Waals surface area (Å²) in [7, 11) is -2.87. The molecule has 6 nitrogen and oxygen atoms in total. The van der Waals surface area contributed by atoms with Crippen LogP contribution < -0.4 is 10.1 Å². The van der Waals surface area contributed by atoms with Gasteiger partial charge in [0, 0.05) is 37.4 Å². The molecule has 3 aromatic rings. The van der Waals surface area contributed by atoms with Gasteiger partial charge < -0.3 is 19.4 Å². The molecule has 12 heteroatoms. The summed E-state index contributed by atoms with van der Waals surface area (Å²) in [6.07, 6.45) is 1.44. The van der Waals surface area contributed by atoms with Gasteiger partial charge in [-0.25, -0.2) is 9.37 Å². The molecule has 1 aromatic heterocycles. The number of halogens is 4. The smallest absolute Gasteiger partial charge is 0.271 e. The minimum atomic E-state index is -1.62. The molecular weight excluding hydrogens is 608 g/mol. The molecule has 0 unspecified atom stereocenters. The Morgan fingerprint density at radius 2 is 1.82 bits per heavy atom. The lowest BCUT2D eigenvalue weighted by atomic mass is 10.2. The first kappa shape index (κ1) is 32.2. The van der Waals surface area contributed by atoms with Crippen LogP contribution >= 0.6 is 34.8 Å². The highest BCUT2D eigenvalue weighted by atomic mass is 35.5. The molecule has 1 amide bonds. The third kappa shape index (κ3) is 9.65. The normalized spacial score (nSPS) is 11.7. The summed E-state index contributed by atoms with van der Waals surface area (Å²) < 4.78 is 28.6. The molecule has 0 radical (unpaired) electrons. The molecule has 0 saturated carbocycles. The Hall–Kier alpha value is -2.33. The maximum absolute atomic E-state index is 15.5. The van der Waals surface area contributed by atoms with Crippen LogP contribution in [0.2, 0.25) is 60.5 Å². The highest BCUT2D eigenvalue weighted by molar-refractivity contribution is 6.83. The topological polar surface area (TPSA) is 65.4 Å². The van der Waals surface area contributed by atoms with Gasteiger partial charge in [0.05, 0.1) is 11.3 Å². The number of aromatic nitrogens is 2. The Kier molecular flexibility index (Phi) is 10.9. The minimum Gasteiger partial charge on any atom is -0.453 e. The second kappa shape index (κ2) is 13.6. The van der Waals surface area contributed by atoms with Crippen LogP contribution in [-0.2, 0) is 18.0 Å². The molecule has 0 bridgehead atoms. The number of hydrogen-bond acceptors (Lipinski definition) is 4. The van der Waals surface area contributed by atoms with Crippen molar-refractivity contribution in [1.82, 2.24) is 14.9 Å². The molecular formula is C28H33Cl3FN3O3Si2. The van der Waals surface area contributed by atoms with E-state index in [1.54, 1.807) is 18.2 Å². The molecule has 214 valence electrons. The van der Waals surface area contributed by atoms with Gasteiger partial charge in [0.2, 0.25) is 0 Å². The van der Waals surface area contributed by atoms with Crippen molar-refractivity contribution in [1.29, 1.82) is 0 Å². The number of amides is 1. The van der Waals surface area contributed by atoms with Crippen LogP contribution in [0.4, 0.5) is 4.39 Å². The van der Waals surface area contributed by atoms with E-state index in [1.165, 1.54) is 23.0 Å². The summed E-state index contributed by atoms with van der Waals surface area (Å²) in [5.41, 5.74) is 4.22. The van der Waals surface area contributed by atoms with Crippen molar-refractivity contribution in [3.05, 3.63) is 74.5 Å². The van der Waals surface area contributed by atoms with E-state index in [1.807, 2.05) is 0 Å². The fourth-order valence-corrected chi connectivity index (χ4v) is 5.28. The minimum absolute atomic E-state index is 0.0286. The van der Waals surface area contributed by atoms with Crippen molar-refractivity contribution in [2.75, 3.05) is 6.61 Å². The molecule has 1 N–H and O–H groups in total.